The molecule has 0 rings (SSSR count). The van der Waals surface area contributed by atoms with Gasteiger partial charge >= 0.3 is 11.9 Å². The van der Waals surface area contributed by atoms with E-state index in [0.29, 0.717) is 6.42 Å². The van der Waals surface area contributed by atoms with E-state index in [4.69, 9.17) is 29.5 Å². The topological polar surface area (TPSA) is 123 Å². The second-order valence-electron chi connectivity index (χ2n) is 7.56. The molecule has 10 heteroatoms. The highest BCUT2D eigenvalue weighted by Crippen LogP contribution is 2.10. The molecule has 0 amide bonds. The van der Waals surface area contributed by atoms with Gasteiger partial charge in [-0.25, -0.2) is 9.28 Å². The fraction of sp³-hybridized carbons (Fsp3) is 0.905. The average molecular weight is 472 g/mol. The third kappa shape index (κ3) is 18.3. The molecule has 0 heterocycles. The predicted octanol–water partition coefficient (Wildman–Crippen LogP) is -1.32. The van der Waals surface area contributed by atoms with Gasteiger partial charge in [0.05, 0.1) is 13.2 Å². The molecule has 0 saturated carbocycles. The van der Waals surface area contributed by atoms with E-state index in [0.717, 1.165) is 19.3 Å². The monoisotopic (exact) mass is 471 g/mol. The third-order valence-corrected chi connectivity index (χ3v) is 4.83. The molecule has 0 aliphatic rings. The fourth-order valence-corrected chi connectivity index (χ4v) is 2.79. The van der Waals surface area contributed by atoms with Crippen LogP contribution in [0.15, 0.2) is 0 Å². The minimum atomic E-state index is -0.664. The maximum atomic E-state index is 11.6. The number of hydrogen-bond donors (Lipinski definition) is 3. The van der Waals surface area contributed by atoms with Gasteiger partial charge in [-0.2, -0.15) is 0 Å². The normalized spacial score (nSPS) is 11.1. The molecule has 0 aliphatic heterocycles. The lowest BCUT2D eigenvalue weighted by atomic mass is 10.1. The van der Waals surface area contributed by atoms with Crippen LogP contribution < -0.4 is 12.4 Å². The van der Waals surface area contributed by atoms with Crippen LogP contribution in [-0.4, -0.2) is 84.9 Å². The van der Waals surface area contributed by atoms with E-state index in [1.165, 1.54) is 38.5 Å². The van der Waals surface area contributed by atoms with E-state index >= 15 is 0 Å². The molecule has 9 nitrogen and oxygen atoms in total. The zero-order chi connectivity index (χ0) is 22.5. The van der Waals surface area contributed by atoms with Crippen molar-refractivity contribution >= 4 is 11.9 Å². The molecule has 0 radical (unpaired) electrons. The van der Waals surface area contributed by atoms with Crippen LogP contribution in [0.5, 0.6) is 0 Å². The van der Waals surface area contributed by atoms with Gasteiger partial charge in [0.25, 0.3) is 0 Å². The number of nitrogens with zero attached hydrogens (tertiary/aromatic N) is 1. The van der Waals surface area contributed by atoms with Crippen molar-refractivity contribution in [1.29, 1.82) is 0 Å². The summed E-state index contributed by atoms with van der Waals surface area (Å²) in [7, 11) is 0. The van der Waals surface area contributed by atoms with Gasteiger partial charge in [-0.1, -0.05) is 58.3 Å². The Kier molecular flexibility index (Phi) is 23.1. The van der Waals surface area contributed by atoms with Gasteiger partial charge < -0.3 is 41.9 Å². The van der Waals surface area contributed by atoms with Gasteiger partial charge in [0.1, 0.15) is 13.2 Å². The lowest BCUT2D eigenvalue weighted by Crippen LogP contribution is -3.00. The van der Waals surface area contributed by atoms with Gasteiger partial charge in [-0.3, -0.25) is 4.79 Å². The van der Waals surface area contributed by atoms with Crippen LogP contribution >= 0.6 is 0 Å². The zero-order valence-electron chi connectivity index (χ0n) is 18.9. The van der Waals surface area contributed by atoms with Gasteiger partial charge in [-0.05, 0) is 6.42 Å². The van der Waals surface area contributed by atoms with Crippen LogP contribution in [0.4, 0.5) is 0 Å². The van der Waals surface area contributed by atoms with Crippen molar-refractivity contribution in [2.75, 3.05) is 53.2 Å². The van der Waals surface area contributed by atoms with Crippen molar-refractivity contribution in [1.82, 2.24) is 0 Å². The van der Waals surface area contributed by atoms with Gasteiger partial charge in [-0.15, -0.1) is 0 Å². The number of ether oxygens (including phenoxy) is 3. The molecule has 0 atom stereocenters. The summed E-state index contributed by atoms with van der Waals surface area (Å²) in [4.78, 5) is 23.3. The minimum absolute atomic E-state index is 0. The number of unbranched alkanes of at least 4 members (excludes halogenated alkanes) is 8. The first-order chi connectivity index (χ1) is 14.5. The van der Waals surface area contributed by atoms with Crippen LogP contribution in [0.3, 0.4) is 0 Å². The quantitative estimate of drug-likeness (QED) is 0.0815. The number of esters is 2. The molecule has 0 unspecified atom stereocenters. The second kappa shape index (κ2) is 22.2. The Balaban J connectivity index is 0. The summed E-state index contributed by atoms with van der Waals surface area (Å²) in [6, 6.07) is 0. The summed E-state index contributed by atoms with van der Waals surface area (Å²) in [6.07, 6.45) is 11.2. The summed E-state index contributed by atoms with van der Waals surface area (Å²) in [6.45, 7) is 0.627. The summed E-state index contributed by atoms with van der Waals surface area (Å²) in [5, 5.41) is 27.4. The Morgan fingerprint density at radius 1 is 0.677 bits per heavy atom. The lowest BCUT2D eigenvalue weighted by molar-refractivity contribution is -0.970. The SMILES string of the molecule is CCCCCCCCCCCC(=O)OCCOCCOC(=O)C[N+](CO)(CO)CO.[Cl-]. The maximum Gasteiger partial charge on any atom is 0.362 e. The molecule has 0 aromatic rings. The molecule has 0 bridgehead atoms. The highest BCUT2D eigenvalue weighted by Gasteiger charge is 2.29. The Morgan fingerprint density at radius 3 is 1.61 bits per heavy atom. The van der Waals surface area contributed by atoms with E-state index in [9.17, 15) is 9.59 Å². The van der Waals surface area contributed by atoms with Gasteiger partial charge in [0, 0.05) is 6.42 Å². The summed E-state index contributed by atoms with van der Waals surface area (Å²) < 4.78 is 14.7. The van der Waals surface area contributed by atoms with Crippen molar-refractivity contribution < 1.29 is 56.0 Å². The van der Waals surface area contributed by atoms with Crippen LogP contribution in [0.2, 0.25) is 0 Å². The molecule has 0 saturated heterocycles. The minimum Gasteiger partial charge on any atom is -1.00 e. The van der Waals surface area contributed by atoms with Crippen molar-refractivity contribution in [3.63, 3.8) is 0 Å². The maximum absolute atomic E-state index is 11.6. The number of aliphatic hydroxyl groups excluding tert-OH is 3. The van der Waals surface area contributed by atoms with Crippen LogP contribution in [0, 0.1) is 0 Å². The van der Waals surface area contributed by atoms with E-state index in [2.05, 4.69) is 6.92 Å². The van der Waals surface area contributed by atoms with Crippen molar-refractivity contribution in [3.05, 3.63) is 0 Å². The van der Waals surface area contributed by atoms with E-state index in [1.54, 1.807) is 0 Å². The molecule has 186 valence electrons. The molecule has 31 heavy (non-hydrogen) atoms. The number of quaternary nitrogens is 1. The molecule has 0 aromatic carbocycles. The average Bonchev–Trinajstić information content (AvgIpc) is 2.75. The number of aliphatic hydroxyl groups is 3. The Bertz CT molecular complexity index is 427. The molecule has 0 aromatic heterocycles. The smallest absolute Gasteiger partial charge is 0.362 e. The highest BCUT2D eigenvalue weighted by atomic mass is 35.5. The molecule has 3 N–H and O–H groups in total. The Labute approximate surface area is 192 Å². The number of rotatable bonds is 21. The van der Waals surface area contributed by atoms with Crippen molar-refractivity contribution in [2.45, 2.75) is 71.1 Å². The summed E-state index contributed by atoms with van der Waals surface area (Å²) in [5.41, 5.74) is 0. The first-order valence-electron chi connectivity index (χ1n) is 11.1. The third-order valence-electron chi connectivity index (χ3n) is 4.83. The molecular weight excluding hydrogens is 430 g/mol. The van der Waals surface area contributed by atoms with Gasteiger partial charge in [0.2, 0.25) is 0 Å². The highest BCUT2D eigenvalue weighted by molar-refractivity contribution is 5.70. The number of halogens is 1. The Hall–Kier alpha value is -0.970. The number of carbonyl (C=O) groups excluding carboxylic acids is 2. The number of carbonyl (C=O) groups is 2. The van der Waals surface area contributed by atoms with Crippen LogP contribution in [-0.2, 0) is 23.8 Å². The first-order valence-corrected chi connectivity index (χ1v) is 11.1. The largest absolute Gasteiger partial charge is 1.00 e. The van der Waals surface area contributed by atoms with Crippen molar-refractivity contribution in [3.8, 4) is 0 Å². The predicted molar refractivity (Wildman–Crippen MR) is 111 cm³/mol. The zero-order valence-corrected chi connectivity index (χ0v) is 19.7. The summed E-state index contributed by atoms with van der Waals surface area (Å²) >= 11 is 0. The molecular formula is C21H42ClNO8. The lowest BCUT2D eigenvalue weighted by Gasteiger charge is -2.30. The van der Waals surface area contributed by atoms with Crippen molar-refractivity contribution in [2.24, 2.45) is 0 Å². The standard InChI is InChI=1S/C21H42NO8.ClH/c1-2-3-4-5-6-7-8-9-10-11-20(26)29-14-12-28-13-15-30-21(27)16-22(17-23,18-24)19-25;/h23-25H,2-19H2,1H3;1H/q+1;/p-1. The van der Waals surface area contributed by atoms with E-state index in [-0.39, 0.29) is 51.3 Å². The van der Waals surface area contributed by atoms with E-state index < -0.39 is 30.6 Å². The molecule has 0 spiro atoms. The first kappa shape index (κ1) is 32.2. The number of hydrogen-bond acceptors (Lipinski definition) is 8. The van der Waals surface area contributed by atoms with Gasteiger partial charge in [0.15, 0.2) is 26.7 Å². The van der Waals surface area contributed by atoms with Crippen LogP contribution in [0.1, 0.15) is 71.1 Å². The van der Waals surface area contributed by atoms with Crippen LogP contribution in [0.25, 0.3) is 0 Å². The molecule has 0 aliphatic carbocycles. The fourth-order valence-electron chi connectivity index (χ4n) is 2.79. The Morgan fingerprint density at radius 2 is 1.13 bits per heavy atom. The van der Waals surface area contributed by atoms with E-state index in [1.807, 2.05) is 0 Å². The second-order valence-corrected chi connectivity index (χ2v) is 7.56. The summed E-state index contributed by atoms with van der Waals surface area (Å²) in [5.74, 6) is -0.887. The molecule has 0 fully saturated rings.